The van der Waals surface area contributed by atoms with E-state index in [-0.39, 0.29) is 0 Å². The molecule has 2 unspecified atom stereocenters. The third-order valence-corrected chi connectivity index (χ3v) is 2.85. The van der Waals surface area contributed by atoms with Crippen molar-refractivity contribution in [3.8, 4) is 0 Å². The summed E-state index contributed by atoms with van der Waals surface area (Å²) in [6.07, 6.45) is 4.03. The minimum Gasteiger partial charge on any atom is -0.388 e. The van der Waals surface area contributed by atoms with E-state index in [0.717, 1.165) is 25.7 Å². The summed E-state index contributed by atoms with van der Waals surface area (Å²) in [4.78, 5) is 0. The van der Waals surface area contributed by atoms with E-state index in [9.17, 15) is 5.11 Å². The van der Waals surface area contributed by atoms with Crippen molar-refractivity contribution in [1.29, 1.82) is 0 Å². The highest BCUT2D eigenvalue weighted by atomic mass is 16.3. The van der Waals surface area contributed by atoms with Crippen LogP contribution in [-0.4, -0.2) is 17.3 Å². The summed E-state index contributed by atoms with van der Waals surface area (Å²) in [6, 6.07) is 0. The Balaban J connectivity index is 4.03. The Bertz CT molecular complexity index is 116. The van der Waals surface area contributed by atoms with Gasteiger partial charge >= 0.3 is 0 Å². The Morgan fingerprint density at radius 1 is 1.42 bits per heavy atom. The Hall–Kier alpha value is -0.0800. The van der Waals surface area contributed by atoms with Gasteiger partial charge in [-0.3, -0.25) is 0 Å². The molecule has 0 spiro atoms. The van der Waals surface area contributed by atoms with Gasteiger partial charge in [0.05, 0.1) is 5.60 Å². The third-order valence-electron chi connectivity index (χ3n) is 2.85. The van der Waals surface area contributed by atoms with Gasteiger partial charge in [0.2, 0.25) is 0 Å². The lowest BCUT2D eigenvalue weighted by atomic mass is 9.83. The van der Waals surface area contributed by atoms with Gasteiger partial charge in [-0.25, -0.2) is 0 Å². The number of nitrogens with two attached hydrogens (primary N) is 1. The first-order valence-corrected chi connectivity index (χ1v) is 5.03. The number of hydrogen-bond donors (Lipinski definition) is 2. The molecule has 0 bridgehead atoms. The number of hydrogen-bond acceptors (Lipinski definition) is 2. The quantitative estimate of drug-likeness (QED) is 0.644. The Morgan fingerprint density at radius 2 is 2.00 bits per heavy atom. The van der Waals surface area contributed by atoms with Crippen LogP contribution in [0.25, 0.3) is 0 Å². The molecule has 0 amide bonds. The predicted molar refractivity (Wildman–Crippen MR) is 53.0 cm³/mol. The molecule has 74 valence electrons. The molecule has 2 heteroatoms. The topological polar surface area (TPSA) is 46.2 Å². The smallest absolute Gasteiger partial charge is 0.0794 e. The minimum absolute atomic E-state index is 0.314. The van der Waals surface area contributed by atoms with Crippen molar-refractivity contribution in [2.75, 3.05) is 6.54 Å². The maximum absolute atomic E-state index is 10.1. The molecule has 0 rings (SSSR count). The number of aliphatic hydroxyl groups is 1. The molecule has 0 aromatic rings. The molecule has 0 aromatic carbocycles. The molecule has 0 aliphatic carbocycles. The monoisotopic (exact) mass is 173 g/mol. The summed E-state index contributed by atoms with van der Waals surface area (Å²) in [5, 5.41) is 10.1. The van der Waals surface area contributed by atoms with Gasteiger partial charge < -0.3 is 10.8 Å². The summed E-state index contributed by atoms with van der Waals surface area (Å²) < 4.78 is 0. The first-order chi connectivity index (χ1) is 5.60. The van der Waals surface area contributed by atoms with E-state index in [1.165, 1.54) is 0 Å². The van der Waals surface area contributed by atoms with E-state index in [4.69, 9.17) is 5.73 Å². The van der Waals surface area contributed by atoms with Crippen molar-refractivity contribution in [3.05, 3.63) is 0 Å². The second-order valence-corrected chi connectivity index (χ2v) is 3.72. The molecule has 2 nitrogen and oxygen atoms in total. The van der Waals surface area contributed by atoms with Crippen molar-refractivity contribution < 1.29 is 5.11 Å². The van der Waals surface area contributed by atoms with Crippen LogP contribution in [0.1, 0.15) is 46.5 Å². The molecule has 0 fully saturated rings. The molecule has 0 aliphatic rings. The van der Waals surface area contributed by atoms with Crippen LogP contribution < -0.4 is 5.73 Å². The molecular weight excluding hydrogens is 150 g/mol. The van der Waals surface area contributed by atoms with Crippen LogP contribution in [0, 0.1) is 5.92 Å². The van der Waals surface area contributed by atoms with Gasteiger partial charge in [-0.2, -0.15) is 0 Å². The zero-order chi connectivity index (χ0) is 9.61. The molecule has 0 heterocycles. The summed E-state index contributed by atoms with van der Waals surface area (Å²) in [6.45, 7) is 6.69. The highest BCUT2D eigenvalue weighted by Gasteiger charge is 2.29. The van der Waals surface area contributed by atoms with E-state index in [0.29, 0.717) is 12.5 Å². The van der Waals surface area contributed by atoms with Crippen molar-refractivity contribution in [3.63, 3.8) is 0 Å². The van der Waals surface area contributed by atoms with Gasteiger partial charge in [-0.15, -0.1) is 0 Å². The summed E-state index contributed by atoms with van der Waals surface area (Å²) in [5.74, 6) is 0.314. The van der Waals surface area contributed by atoms with Gasteiger partial charge in [0.25, 0.3) is 0 Å². The van der Waals surface area contributed by atoms with Gasteiger partial charge in [-0.05, 0) is 12.3 Å². The van der Waals surface area contributed by atoms with Crippen LogP contribution in [-0.2, 0) is 0 Å². The SMILES string of the molecule is CCCCC(O)(CN)C(C)CC. The first-order valence-electron chi connectivity index (χ1n) is 5.03. The standard InChI is InChI=1S/C10H23NO/c1-4-6-7-10(12,8-11)9(3)5-2/h9,12H,4-8,11H2,1-3H3. The highest BCUT2D eigenvalue weighted by Crippen LogP contribution is 2.24. The van der Waals surface area contributed by atoms with Crippen LogP contribution in [0.3, 0.4) is 0 Å². The van der Waals surface area contributed by atoms with E-state index in [1.54, 1.807) is 0 Å². The van der Waals surface area contributed by atoms with Crippen LogP contribution in [0.5, 0.6) is 0 Å². The van der Waals surface area contributed by atoms with Crippen LogP contribution in [0.15, 0.2) is 0 Å². The average molecular weight is 173 g/mol. The second kappa shape index (κ2) is 5.55. The molecule has 3 N–H and O–H groups in total. The summed E-state index contributed by atoms with van der Waals surface area (Å²) in [5.41, 5.74) is 4.95. The maximum Gasteiger partial charge on any atom is 0.0794 e. The molecule has 0 saturated carbocycles. The summed E-state index contributed by atoms with van der Waals surface area (Å²) in [7, 11) is 0. The van der Waals surface area contributed by atoms with Gasteiger partial charge in [-0.1, -0.05) is 40.0 Å². The van der Waals surface area contributed by atoms with Crippen LogP contribution >= 0.6 is 0 Å². The Labute approximate surface area is 76.2 Å². The van der Waals surface area contributed by atoms with Crippen molar-refractivity contribution >= 4 is 0 Å². The molecular formula is C10H23NO. The first kappa shape index (κ1) is 11.9. The minimum atomic E-state index is -0.620. The van der Waals surface area contributed by atoms with E-state index >= 15 is 0 Å². The van der Waals surface area contributed by atoms with Gasteiger partial charge in [0.1, 0.15) is 0 Å². The highest BCUT2D eigenvalue weighted by molar-refractivity contribution is 4.84. The van der Waals surface area contributed by atoms with Crippen LogP contribution in [0.2, 0.25) is 0 Å². The Morgan fingerprint density at radius 3 is 2.33 bits per heavy atom. The number of rotatable bonds is 6. The molecule has 0 radical (unpaired) electrons. The van der Waals surface area contributed by atoms with E-state index < -0.39 is 5.60 Å². The normalized spacial score (nSPS) is 18.8. The van der Waals surface area contributed by atoms with Gasteiger partial charge in [0, 0.05) is 6.54 Å². The lowest BCUT2D eigenvalue weighted by Crippen LogP contribution is -2.43. The zero-order valence-corrected chi connectivity index (χ0v) is 8.64. The molecule has 0 aliphatic heterocycles. The molecule has 0 aromatic heterocycles. The average Bonchev–Trinajstić information content (AvgIpc) is 2.12. The fourth-order valence-electron chi connectivity index (χ4n) is 1.41. The zero-order valence-electron chi connectivity index (χ0n) is 8.64. The van der Waals surface area contributed by atoms with Crippen LogP contribution in [0.4, 0.5) is 0 Å². The largest absolute Gasteiger partial charge is 0.388 e. The number of unbranched alkanes of at least 4 members (excludes halogenated alkanes) is 1. The lowest BCUT2D eigenvalue weighted by Gasteiger charge is -2.32. The second-order valence-electron chi connectivity index (χ2n) is 3.72. The van der Waals surface area contributed by atoms with Gasteiger partial charge in [0.15, 0.2) is 0 Å². The molecule has 0 saturated heterocycles. The van der Waals surface area contributed by atoms with Crippen molar-refractivity contribution in [1.82, 2.24) is 0 Å². The Kier molecular flexibility index (Phi) is 5.51. The predicted octanol–water partition coefficient (Wildman–Crippen LogP) is 1.91. The maximum atomic E-state index is 10.1. The lowest BCUT2D eigenvalue weighted by molar-refractivity contribution is -0.0143. The fourth-order valence-corrected chi connectivity index (χ4v) is 1.41. The summed E-state index contributed by atoms with van der Waals surface area (Å²) >= 11 is 0. The van der Waals surface area contributed by atoms with E-state index in [2.05, 4.69) is 20.8 Å². The third kappa shape index (κ3) is 3.11. The van der Waals surface area contributed by atoms with E-state index in [1.807, 2.05) is 0 Å². The van der Waals surface area contributed by atoms with Crippen molar-refractivity contribution in [2.45, 2.75) is 52.1 Å². The molecule has 12 heavy (non-hydrogen) atoms. The fraction of sp³-hybridized carbons (Fsp3) is 1.00. The van der Waals surface area contributed by atoms with Crippen molar-refractivity contribution in [2.24, 2.45) is 11.7 Å². The molecule has 2 atom stereocenters.